The average Bonchev–Trinajstić information content (AvgIpc) is 2.90. The first-order valence-corrected chi connectivity index (χ1v) is 8.57. The Hall–Kier alpha value is -1.66. The summed E-state index contributed by atoms with van der Waals surface area (Å²) >= 11 is 0. The topological polar surface area (TPSA) is 89.3 Å². The molecule has 1 aromatic rings. The summed E-state index contributed by atoms with van der Waals surface area (Å²) in [7, 11) is -3.79. The van der Waals surface area contributed by atoms with E-state index in [1.54, 1.807) is 12.1 Å². The van der Waals surface area contributed by atoms with Gasteiger partial charge in [0.25, 0.3) is 0 Å². The van der Waals surface area contributed by atoms with Crippen LogP contribution in [0.4, 0.5) is 5.69 Å². The van der Waals surface area contributed by atoms with Gasteiger partial charge in [-0.3, -0.25) is 4.79 Å². The third-order valence-electron chi connectivity index (χ3n) is 3.60. The first-order valence-electron chi connectivity index (χ1n) is 7.02. The second-order valence-corrected chi connectivity index (χ2v) is 6.77. The zero-order valence-electron chi connectivity index (χ0n) is 12.0. The van der Waals surface area contributed by atoms with Crippen LogP contribution in [0, 0.1) is 5.92 Å². The molecule has 2 rings (SSSR count). The number of amides is 1. The fraction of sp³-hybridized carbons (Fsp3) is 0.400. The number of carbonyl (C=O) groups excluding carboxylic acids is 1. The van der Waals surface area contributed by atoms with Gasteiger partial charge in [0, 0.05) is 12.1 Å². The van der Waals surface area contributed by atoms with E-state index in [9.17, 15) is 13.2 Å². The SMILES string of the molecule is CCc1ccc(NC(=O)CC2C=CCC2)cc1S(N)(=O)=O. The lowest BCUT2D eigenvalue weighted by Gasteiger charge is -2.11. The highest BCUT2D eigenvalue weighted by molar-refractivity contribution is 7.89. The van der Waals surface area contributed by atoms with Crippen LogP contribution in [0.5, 0.6) is 0 Å². The van der Waals surface area contributed by atoms with Gasteiger partial charge in [0.1, 0.15) is 0 Å². The Kier molecular flexibility index (Phi) is 4.80. The fourth-order valence-corrected chi connectivity index (χ4v) is 3.37. The van der Waals surface area contributed by atoms with Gasteiger partial charge in [0.2, 0.25) is 15.9 Å². The van der Waals surface area contributed by atoms with Crippen molar-refractivity contribution in [1.82, 2.24) is 0 Å². The molecule has 0 saturated carbocycles. The lowest BCUT2D eigenvalue weighted by molar-refractivity contribution is -0.116. The molecule has 21 heavy (non-hydrogen) atoms. The molecule has 5 nitrogen and oxygen atoms in total. The molecule has 0 radical (unpaired) electrons. The largest absolute Gasteiger partial charge is 0.326 e. The second-order valence-electron chi connectivity index (χ2n) is 5.24. The van der Waals surface area contributed by atoms with Crippen molar-refractivity contribution in [1.29, 1.82) is 0 Å². The van der Waals surface area contributed by atoms with Crippen molar-refractivity contribution < 1.29 is 13.2 Å². The minimum Gasteiger partial charge on any atom is -0.326 e. The predicted molar refractivity (Wildman–Crippen MR) is 82.3 cm³/mol. The van der Waals surface area contributed by atoms with Gasteiger partial charge in [-0.05, 0) is 42.9 Å². The summed E-state index contributed by atoms with van der Waals surface area (Å²) in [6.07, 6.45) is 7.11. The van der Waals surface area contributed by atoms with Crippen LogP contribution in [-0.4, -0.2) is 14.3 Å². The van der Waals surface area contributed by atoms with Crippen LogP contribution in [-0.2, 0) is 21.2 Å². The van der Waals surface area contributed by atoms with Gasteiger partial charge in [-0.25, -0.2) is 13.6 Å². The number of hydrogen-bond acceptors (Lipinski definition) is 3. The number of aryl methyl sites for hydroxylation is 1. The fourth-order valence-electron chi connectivity index (χ4n) is 2.50. The Balaban J connectivity index is 2.13. The van der Waals surface area contributed by atoms with E-state index in [4.69, 9.17) is 5.14 Å². The summed E-state index contributed by atoms with van der Waals surface area (Å²) in [5.74, 6) is 0.161. The smallest absolute Gasteiger partial charge is 0.238 e. The number of nitrogens with two attached hydrogens (primary N) is 1. The van der Waals surface area contributed by atoms with E-state index in [2.05, 4.69) is 17.5 Å². The van der Waals surface area contributed by atoms with E-state index < -0.39 is 10.0 Å². The first-order chi connectivity index (χ1) is 9.90. The molecule has 6 heteroatoms. The molecule has 0 aliphatic heterocycles. The molecule has 3 N–H and O–H groups in total. The maximum absolute atomic E-state index is 12.0. The number of benzene rings is 1. The summed E-state index contributed by atoms with van der Waals surface area (Å²) in [4.78, 5) is 12.0. The molecule has 0 fully saturated rings. The molecule has 1 aliphatic rings. The van der Waals surface area contributed by atoms with Crippen molar-refractivity contribution in [2.24, 2.45) is 11.1 Å². The third kappa shape index (κ3) is 4.15. The van der Waals surface area contributed by atoms with Crippen LogP contribution in [0.1, 0.15) is 31.7 Å². The average molecular weight is 308 g/mol. The maximum Gasteiger partial charge on any atom is 0.238 e. The van der Waals surface area contributed by atoms with Crippen LogP contribution in [0.3, 0.4) is 0 Å². The van der Waals surface area contributed by atoms with Gasteiger partial charge >= 0.3 is 0 Å². The molecule has 1 aliphatic carbocycles. The molecule has 0 bridgehead atoms. The minimum absolute atomic E-state index is 0.0727. The summed E-state index contributed by atoms with van der Waals surface area (Å²) in [5.41, 5.74) is 1.11. The number of nitrogens with one attached hydrogen (secondary N) is 1. The number of hydrogen-bond donors (Lipinski definition) is 2. The van der Waals surface area contributed by atoms with E-state index in [-0.39, 0.29) is 16.7 Å². The molecule has 1 amide bonds. The maximum atomic E-state index is 12.0. The van der Waals surface area contributed by atoms with Gasteiger partial charge < -0.3 is 5.32 Å². The van der Waals surface area contributed by atoms with Gasteiger partial charge in [-0.15, -0.1) is 0 Å². The van der Waals surface area contributed by atoms with Crippen LogP contribution in [0.25, 0.3) is 0 Å². The van der Waals surface area contributed by atoms with Crippen LogP contribution < -0.4 is 10.5 Å². The molecule has 0 spiro atoms. The first kappa shape index (κ1) is 15.7. The molecular formula is C15H20N2O3S. The van der Waals surface area contributed by atoms with Crippen molar-refractivity contribution in [2.75, 3.05) is 5.32 Å². The van der Waals surface area contributed by atoms with E-state index in [0.717, 1.165) is 12.8 Å². The molecular weight excluding hydrogens is 288 g/mol. The Morgan fingerprint density at radius 2 is 2.19 bits per heavy atom. The van der Waals surface area contributed by atoms with Crippen molar-refractivity contribution >= 4 is 21.6 Å². The van der Waals surface area contributed by atoms with Crippen molar-refractivity contribution in [2.45, 2.75) is 37.5 Å². The number of allylic oxidation sites excluding steroid dienone is 2. The summed E-state index contributed by atoms with van der Waals surface area (Å²) in [6, 6.07) is 4.82. The van der Waals surface area contributed by atoms with E-state index in [1.807, 2.05) is 6.92 Å². The molecule has 1 atom stereocenters. The summed E-state index contributed by atoms with van der Waals surface area (Å²) in [6.45, 7) is 1.86. The second kappa shape index (κ2) is 6.41. The van der Waals surface area contributed by atoms with Crippen molar-refractivity contribution in [3.8, 4) is 0 Å². The Morgan fingerprint density at radius 3 is 2.76 bits per heavy atom. The molecule has 0 heterocycles. The predicted octanol–water partition coefficient (Wildman–Crippen LogP) is 2.19. The quantitative estimate of drug-likeness (QED) is 0.817. The molecule has 1 aromatic carbocycles. The lowest BCUT2D eigenvalue weighted by Crippen LogP contribution is -2.17. The van der Waals surface area contributed by atoms with Gasteiger partial charge in [0.05, 0.1) is 4.90 Å². The van der Waals surface area contributed by atoms with E-state index >= 15 is 0 Å². The van der Waals surface area contributed by atoms with Crippen LogP contribution in [0.2, 0.25) is 0 Å². The highest BCUT2D eigenvalue weighted by Gasteiger charge is 2.17. The third-order valence-corrected chi connectivity index (χ3v) is 4.59. The number of sulfonamides is 1. The number of rotatable bonds is 5. The van der Waals surface area contributed by atoms with Crippen molar-refractivity contribution in [3.63, 3.8) is 0 Å². The standard InChI is InChI=1S/C15H20N2O3S/c1-2-12-7-8-13(10-14(12)21(16,19)20)17-15(18)9-11-5-3-4-6-11/h3,5,7-8,10-11H,2,4,6,9H2,1H3,(H,17,18)(H2,16,19,20). The molecule has 114 valence electrons. The van der Waals surface area contributed by atoms with Gasteiger partial charge in [-0.2, -0.15) is 0 Å². The van der Waals surface area contributed by atoms with Crippen molar-refractivity contribution in [3.05, 3.63) is 35.9 Å². The zero-order valence-corrected chi connectivity index (χ0v) is 12.8. The van der Waals surface area contributed by atoms with E-state index in [1.165, 1.54) is 6.07 Å². The Bertz CT molecular complexity index is 665. The number of primary sulfonamides is 1. The van der Waals surface area contributed by atoms with Gasteiger partial charge in [-0.1, -0.05) is 25.1 Å². The zero-order chi connectivity index (χ0) is 15.5. The minimum atomic E-state index is -3.79. The molecule has 0 aromatic heterocycles. The van der Waals surface area contributed by atoms with E-state index in [0.29, 0.717) is 24.1 Å². The number of anilines is 1. The monoisotopic (exact) mass is 308 g/mol. The Labute approximate surface area is 125 Å². The highest BCUT2D eigenvalue weighted by atomic mass is 32.2. The van der Waals surface area contributed by atoms with Crippen LogP contribution in [0.15, 0.2) is 35.2 Å². The highest BCUT2D eigenvalue weighted by Crippen LogP contribution is 2.23. The van der Waals surface area contributed by atoms with Gasteiger partial charge in [0.15, 0.2) is 0 Å². The Morgan fingerprint density at radius 1 is 1.43 bits per heavy atom. The molecule has 1 unspecified atom stereocenters. The summed E-state index contributed by atoms with van der Waals surface area (Å²) in [5, 5.41) is 7.96. The summed E-state index contributed by atoms with van der Waals surface area (Å²) < 4.78 is 23.2. The normalized spacial score (nSPS) is 17.9. The molecule has 0 saturated heterocycles. The lowest BCUT2D eigenvalue weighted by atomic mass is 10.0. The number of carbonyl (C=O) groups is 1. The van der Waals surface area contributed by atoms with Crippen LogP contribution >= 0.6 is 0 Å².